The van der Waals surface area contributed by atoms with Gasteiger partial charge in [-0.2, -0.15) is 0 Å². The van der Waals surface area contributed by atoms with E-state index in [-0.39, 0.29) is 11.8 Å². The Labute approximate surface area is 131 Å². The number of methoxy groups -OCH3 is 1. The van der Waals surface area contributed by atoms with Crippen molar-refractivity contribution in [2.45, 2.75) is 27.7 Å². The molecule has 22 heavy (non-hydrogen) atoms. The molecule has 1 aromatic carbocycles. The Morgan fingerprint density at radius 2 is 1.55 bits per heavy atom. The van der Waals surface area contributed by atoms with Crippen LogP contribution in [0.4, 0.5) is 0 Å². The summed E-state index contributed by atoms with van der Waals surface area (Å²) in [7, 11) is 1.65. The third kappa shape index (κ3) is 2.93. The van der Waals surface area contributed by atoms with Crippen LogP contribution in [0.3, 0.4) is 0 Å². The molecule has 1 fully saturated rings. The number of amides is 2. The van der Waals surface area contributed by atoms with Gasteiger partial charge >= 0.3 is 0 Å². The fourth-order valence-electron chi connectivity index (χ4n) is 2.99. The van der Waals surface area contributed by atoms with E-state index in [0.29, 0.717) is 26.2 Å². The maximum atomic E-state index is 12.8. The minimum absolute atomic E-state index is 0.0366. The quantitative estimate of drug-likeness (QED) is 0.839. The summed E-state index contributed by atoms with van der Waals surface area (Å²) in [5.74, 6) is 0.949. The van der Waals surface area contributed by atoms with E-state index in [2.05, 4.69) is 0 Å². The second-order valence-electron chi connectivity index (χ2n) is 5.82. The van der Waals surface area contributed by atoms with E-state index in [1.54, 1.807) is 18.9 Å². The molecular weight excluding hydrogens is 280 g/mol. The van der Waals surface area contributed by atoms with E-state index >= 15 is 0 Å². The van der Waals surface area contributed by atoms with Crippen LogP contribution in [0.2, 0.25) is 0 Å². The number of benzene rings is 1. The van der Waals surface area contributed by atoms with Crippen molar-refractivity contribution in [3.63, 3.8) is 0 Å². The zero-order valence-electron chi connectivity index (χ0n) is 14.0. The van der Waals surface area contributed by atoms with Gasteiger partial charge in [-0.1, -0.05) is 0 Å². The molecule has 5 nitrogen and oxygen atoms in total. The summed E-state index contributed by atoms with van der Waals surface area (Å²) in [5, 5.41) is 0. The largest absolute Gasteiger partial charge is 0.496 e. The van der Waals surface area contributed by atoms with Gasteiger partial charge in [-0.15, -0.1) is 0 Å². The molecule has 5 heteroatoms. The minimum Gasteiger partial charge on any atom is -0.496 e. The fraction of sp³-hybridized carbons (Fsp3) is 0.529. The minimum atomic E-state index is 0.0366. The van der Waals surface area contributed by atoms with Gasteiger partial charge in [0.2, 0.25) is 5.91 Å². The second kappa shape index (κ2) is 6.38. The Hall–Kier alpha value is -2.04. The SMILES string of the molecule is COc1c(C)cc(C(=O)N2CCN(C(C)=O)CC2)c(C)c1C. The second-order valence-corrected chi connectivity index (χ2v) is 5.82. The Balaban J connectivity index is 2.22. The first-order valence-corrected chi connectivity index (χ1v) is 7.56. The highest BCUT2D eigenvalue weighted by Gasteiger charge is 2.25. The first-order chi connectivity index (χ1) is 10.4. The predicted octanol–water partition coefficient (Wildman–Crippen LogP) is 1.92. The van der Waals surface area contributed by atoms with Gasteiger partial charge in [-0.25, -0.2) is 0 Å². The zero-order chi connectivity index (χ0) is 16.4. The van der Waals surface area contributed by atoms with Crippen LogP contribution in [-0.2, 0) is 4.79 Å². The fourth-order valence-corrected chi connectivity index (χ4v) is 2.99. The standard InChI is InChI=1S/C17H24N2O3/c1-11-10-15(12(2)13(3)16(11)22-5)17(21)19-8-6-18(7-9-19)14(4)20/h10H,6-9H2,1-5H3. The maximum absolute atomic E-state index is 12.8. The normalized spacial score (nSPS) is 15.0. The van der Waals surface area contributed by atoms with E-state index in [1.807, 2.05) is 31.7 Å². The van der Waals surface area contributed by atoms with Crippen LogP contribution in [0.1, 0.15) is 34.0 Å². The number of hydrogen-bond acceptors (Lipinski definition) is 3. The highest BCUT2D eigenvalue weighted by Crippen LogP contribution is 2.29. The smallest absolute Gasteiger partial charge is 0.254 e. The van der Waals surface area contributed by atoms with Crippen molar-refractivity contribution < 1.29 is 14.3 Å². The van der Waals surface area contributed by atoms with Gasteiger partial charge in [0.15, 0.2) is 0 Å². The summed E-state index contributed by atoms with van der Waals surface area (Å²) >= 11 is 0. The van der Waals surface area contributed by atoms with Crippen LogP contribution in [0.25, 0.3) is 0 Å². The highest BCUT2D eigenvalue weighted by molar-refractivity contribution is 5.96. The summed E-state index contributed by atoms with van der Waals surface area (Å²) in [6.07, 6.45) is 0. The van der Waals surface area contributed by atoms with Gasteiger partial charge in [0.05, 0.1) is 7.11 Å². The van der Waals surface area contributed by atoms with Crippen molar-refractivity contribution in [2.75, 3.05) is 33.3 Å². The molecule has 0 aliphatic carbocycles. The summed E-state index contributed by atoms with van der Waals surface area (Å²) in [6, 6.07) is 1.90. The molecule has 120 valence electrons. The lowest BCUT2D eigenvalue weighted by molar-refractivity contribution is -0.130. The van der Waals surface area contributed by atoms with Crippen molar-refractivity contribution in [2.24, 2.45) is 0 Å². The molecule has 0 atom stereocenters. The van der Waals surface area contributed by atoms with Crippen molar-refractivity contribution in [1.82, 2.24) is 9.80 Å². The van der Waals surface area contributed by atoms with Crippen molar-refractivity contribution in [3.8, 4) is 5.75 Å². The molecule has 1 aliphatic heterocycles. The molecule has 2 rings (SSSR count). The third-order valence-corrected chi connectivity index (χ3v) is 4.47. The summed E-state index contributed by atoms with van der Waals surface area (Å²) in [4.78, 5) is 27.8. The van der Waals surface area contributed by atoms with Crippen molar-refractivity contribution in [1.29, 1.82) is 0 Å². The molecule has 2 amide bonds. The Morgan fingerprint density at radius 1 is 1.00 bits per heavy atom. The Morgan fingerprint density at radius 3 is 2.05 bits per heavy atom. The van der Waals surface area contributed by atoms with E-state index in [0.717, 1.165) is 28.0 Å². The van der Waals surface area contributed by atoms with Crippen LogP contribution in [0.5, 0.6) is 5.75 Å². The van der Waals surface area contributed by atoms with Crippen LogP contribution in [0, 0.1) is 20.8 Å². The molecule has 0 aromatic heterocycles. The van der Waals surface area contributed by atoms with Gasteiger partial charge in [-0.3, -0.25) is 9.59 Å². The summed E-state index contributed by atoms with van der Waals surface area (Å²) in [6.45, 7) is 9.84. The predicted molar refractivity (Wildman–Crippen MR) is 85.4 cm³/mol. The lowest BCUT2D eigenvalue weighted by Gasteiger charge is -2.34. The van der Waals surface area contributed by atoms with Crippen LogP contribution in [0.15, 0.2) is 6.07 Å². The van der Waals surface area contributed by atoms with E-state index in [1.165, 1.54) is 0 Å². The number of piperazine rings is 1. The van der Waals surface area contributed by atoms with Crippen LogP contribution < -0.4 is 4.74 Å². The van der Waals surface area contributed by atoms with Crippen LogP contribution >= 0.6 is 0 Å². The molecule has 1 aliphatic rings. The van der Waals surface area contributed by atoms with Gasteiger partial charge in [0, 0.05) is 38.7 Å². The molecule has 0 bridgehead atoms. The number of hydrogen-bond donors (Lipinski definition) is 0. The highest BCUT2D eigenvalue weighted by atomic mass is 16.5. The van der Waals surface area contributed by atoms with Gasteiger partial charge < -0.3 is 14.5 Å². The first kappa shape index (κ1) is 16.3. The number of ether oxygens (including phenoxy) is 1. The van der Waals surface area contributed by atoms with Gasteiger partial charge in [0.1, 0.15) is 5.75 Å². The van der Waals surface area contributed by atoms with Gasteiger partial charge in [-0.05, 0) is 43.5 Å². The van der Waals surface area contributed by atoms with Crippen molar-refractivity contribution in [3.05, 3.63) is 28.3 Å². The molecule has 0 spiro atoms. The topological polar surface area (TPSA) is 49.9 Å². The van der Waals surface area contributed by atoms with Crippen molar-refractivity contribution >= 4 is 11.8 Å². The lowest BCUT2D eigenvalue weighted by atomic mass is 9.97. The molecular formula is C17H24N2O3. The van der Waals surface area contributed by atoms with E-state index < -0.39 is 0 Å². The maximum Gasteiger partial charge on any atom is 0.254 e. The summed E-state index contributed by atoms with van der Waals surface area (Å²) in [5.41, 5.74) is 3.66. The number of carbonyl (C=O) groups excluding carboxylic acids is 2. The van der Waals surface area contributed by atoms with E-state index in [4.69, 9.17) is 4.74 Å². The molecule has 0 N–H and O–H groups in total. The average Bonchev–Trinajstić information content (AvgIpc) is 2.51. The summed E-state index contributed by atoms with van der Waals surface area (Å²) < 4.78 is 5.41. The monoisotopic (exact) mass is 304 g/mol. The average molecular weight is 304 g/mol. The van der Waals surface area contributed by atoms with Gasteiger partial charge in [0.25, 0.3) is 5.91 Å². The zero-order valence-corrected chi connectivity index (χ0v) is 14.0. The molecule has 1 saturated heterocycles. The third-order valence-electron chi connectivity index (χ3n) is 4.47. The molecule has 1 heterocycles. The number of carbonyl (C=O) groups is 2. The molecule has 1 aromatic rings. The Bertz CT molecular complexity index is 602. The first-order valence-electron chi connectivity index (χ1n) is 7.56. The molecule has 0 unspecified atom stereocenters. The number of aryl methyl sites for hydroxylation is 1. The molecule has 0 saturated carbocycles. The lowest BCUT2D eigenvalue weighted by Crippen LogP contribution is -2.50. The Kier molecular flexibility index (Phi) is 4.74. The molecule has 0 radical (unpaired) electrons. The number of nitrogens with zero attached hydrogens (tertiary/aromatic N) is 2. The van der Waals surface area contributed by atoms with Crippen LogP contribution in [-0.4, -0.2) is 54.9 Å². The van der Waals surface area contributed by atoms with E-state index in [9.17, 15) is 9.59 Å². The number of rotatable bonds is 2.